The van der Waals surface area contributed by atoms with E-state index < -0.39 is 0 Å². The minimum Gasteiger partial charge on any atom is -0.314 e. The zero-order chi connectivity index (χ0) is 13.9. The van der Waals surface area contributed by atoms with E-state index in [0.717, 1.165) is 31.2 Å². The molecule has 0 spiro atoms. The molecule has 1 aliphatic heterocycles. The molecule has 0 amide bonds. The van der Waals surface area contributed by atoms with Crippen molar-refractivity contribution in [1.29, 1.82) is 0 Å². The zero-order valence-electron chi connectivity index (χ0n) is 11.6. The van der Waals surface area contributed by atoms with Crippen LogP contribution in [0, 0.1) is 6.92 Å². The smallest absolute Gasteiger partial charge is 0.0697 e. The number of aryl methyl sites for hydroxylation is 1. The van der Waals surface area contributed by atoms with Gasteiger partial charge in [0.15, 0.2) is 0 Å². The highest BCUT2D eigenvalue weighted by Gasteiger charge is 2.24. The summed E-state index contributed by atoms with van der Waals surface area (Å²) in [5, 5.41) is 4.23. The first-order valence-corrected chi connectivity index (χ1v) is 8.20. The van der Waals surface area contributed by atoms with E-state index in [-0.39, 0.29) is 0 Å². The highest BCUT2D eigenvalue weighted by atomic mass is 35.5. The van der Waals surface area contributed by atoms with Crippen molar-refractivity contribution in [2.75, 3.05) is 26.2 Å². The van der Waals surface area contributed by atoms with Crippen molar-refractivity contribution >= 4 is 22.9 Å². The minimum absolute atomic E-state index is 0.355. The molecule has 0 aliphatic carbocycles. The summed E-state index contributed by atoms with van der Waals surface area (Å²) in [6.07, 6.45) is 0. The van der Waals surface area contributed by atoms with Crippen LogP contribution in [0.15, 0.2) is 36.4 Å². The van der Waals surface area contributed by atoms with Gasteiger partial charge in [0.25, 0.3) is 0 Å². The largest absolute Gasteiger partial charge is 0.314 e. The second-order valence-electron chi connectivity index (χ2n) is 5.19. The number of benzene rings is 1. The van der Waals surface area contributed by atoms with Crippen LogP contribution in [-0.4, -0.2) is 31.1 Å². The molecule has 1 aromatic carbocycles. The third-order valence-corrected chi connectivity index (χ3v) is 5.04. The molecule has 1 aliphatic rings. The van der Waals surface area contributed by atoms with Gasteiger partial charge >= 0.3 is 0 Å². The molecule has 2 heterocycles. The van der Waals surface area contributed by atoms with E-state index in [4.69, 9.17) is 11.6 Å². The number of nitrogens with zero attached hydrogens (tertiary/aromatic N) is 1. The van der Waals surface area contributed by atoms with Crippen molar-refractivity contribution in [2.24, 2.45) is 0 Å². The summed E-state index contributed by atoms with van der Waals surface area (Å²) in [7, 11) is 0. The first-order valence-electron chi connectivity index (χ1n) is 7.00. The van der Waals surface area contributed by atoms with Gasteiger partial charge in [0.05, 0.1) is 6.04 Å². The lowest BCUT2D eigenvalue weighted by atomic mass is 10.0. The summed E-state index contributed by atoms with van der Waals surface area (Å²) in [5.41, 5.74) is 1.33. The summed E-state index contributed by atoms with van der Waals surface area (Å²) < 4.78 is 0. The fourth-order valence-corrected chi connectivity index (χ4v) is 3.91. The Morgan fingerprint density at radius 3 is 2.40 bits per heavy atom. The van der Waals surface area contributed by atoms with Gasteiger partial charge in [-0.3, -0.25) is 4.90 Å². The second kappa shape index (κ2) is 6.27. The van der Waals surface area contributed by atoms with Crippen LogP contribution in [-0.2, 0) is 0 Å². The lowest BCUT2D eigenvalue weighted by molar-refractivity contribution is 0.200. The van der Waals surface area contributed by atoms with Gasteiger partial charge in [0.1, 0.15) is 0 Å². The van der Waals surface area contributed by atoms with Crippen LogP contribution in [0.3, 0.4) is 0 Å². The number of thiophene rings is 1. The molecular weight excluding hydrogens is 288 g/mol. The quantitative estimate of drug-likeness (QED) is 0.930. The Balaban J connectivity index is 1.95. The molecule has 0 saturated carbocycles. The average Bonchev–Trinajstić information content (AvgIpc) is 2.89. The fourth-order valence-electron chi connectivity index (χ4n) is 2.74. The Bertz CT molecular complexity index is 558. The first-order chi connectivity index (χ1) is 9.74. The predicted molar refractivity (Wildman–Crippen MR) is 86.8 cm³/mol. The molecule has 1 unspecified atom stereocenters. The normalized spacial score (nSPS) is 18.1. The molecule has 1 atom stereocenters. The minimum atomic E-state index is 0.355. The number of halogens is 1. The molecule has 106 valence electrons. The molecule has 0 bridgehead atoms. The monoisotopic (exact) mass is 306 g/mol. The standard InChI is InChI=1S/C16H19ClN2S/c1-12-2-7-15(20-12)16(19-10-8-18-9-11-19)13-3-5-14(17)6-4-13/h2-7,16,18H,8-11H2,1H3. The van der Waals surface area contributed by atoms with E-state index >= 15 is 0 Å². The van der Waals surface area contributed by atoms with Gasteiger partial charge < -0.3 is 5.32 Å². The van der Waals surface area contributed by atoms with Crippen molar-refractivity contribution in [3.05, 3.63) is 56.7 Å². The summed E-state index contributed by atoms with van der Waals surface area (Å²) in [5.74, 6) is 0. The number of nitrogens with one attached hydrogen (secondary N) is 1. The van der Waals surface area contributed by atoms with Gasteiger partial charge in [-0.05, 0) is 36.8 Å². The van der Waals surface area contributed by atoms with E-state index in [9.17, 15) is 0 Å². The first kappa shape index (κ1) is 14.1. The second-order valence-corrected chi connectivity index (χ2v) is 6.94. The maximum absolute atomic E-state index is 6.03. The molecule has 2 nitrogen and oxygen atoms in total. The number of rotatable bonds is 3. The van der Waals surface area contributed by atoms with Crippen LogP contribution >= 0.6 is 22.9 Å². The average molecular weight is 307 g/mol. The third-order valence-electron chi connectivity index (χ3n) is 3.73. The van der Waals surface area contributed by atoms with Crippen molar-refractivity contribution < 1.29 is 0 Å². The Hall–Kier alpha value is -0.870. The van der Waals surface area contributed by atoms with Gasteiger partial charge in [-0.2, -0.15) is 0 Å². The molecule has 20 heavy (non-hydrogen) atoms. The van der Waals surface area contributed by atoms with Crippen molar-refractivity contribution in [3.8, 4) is 0 Å². The van der Waals surface area contributed by atoms with Crippen molar-refractivity contribution in [3.63, 3.8) is 0 Å². The van der Waals surface area contributed by atoms with Gasteiger partial charge in [-0.1, -0.05) is 23.7 Å². The molecule has 3 rings (SSSR count). The van der Waals surface area contributed by atoms with E-state index in [1.165, 1.54) is 15.3 Å². The number of hydrogen-bond acceptors (Lipinski definition) is 3. The van der Waals surface area contributed by atoms with Gasteiger partial charge in [0, 0.05) is 41.0 Å². The van der Waals surface area contributed by atoms with Crippen LogP contribution in [0.1, 0.15) is 21.4 Å². The summed E-state index contributed by atoms with van der Waals surface area (Å²) in [4.78, 5) is 5.35. The van der Waals surface area contributed by atoms with Gasteiger partial charge in [0.2, 0.25) is 0 Å². The number of hydrogen-bond donors (Lipinski definition) is 1. The van der Waals surface area contributed by atoms with Crippen molar-refractivity contribution in [1.82, 2.24) is 10.2 Å². The van der Waals surface area contributed by atoms with Gasteiger partial charge in [-0.25, -0.2) is 0 Å². The van der Waals surface area contributed by atoms with E-state index in [0.29, 0.717) is 6.04 Å². The molecule has 4 heteroatoms. The van der Waals surface area contributed by atoms with E-state index in [2.05, 4.69) is 41.4 Å². The molecule has 0 radical (unpaired) electrons. The number of piperazine rings is 1. The van der Waals surface area contributed by atoms with Crippen LogP contribution in [0.5, 0.6) is 0 Å². The fraction of sp³-hybridized carbons (Fsp3) is 0.375. The van der Waals surface area contributed by atoms with E-state index in [1.807, 2.05) is 23.5 Å². The maximum Gasteiger partial charge on any atom is 0.0697 e. The molecular formula is C16H19ClN2S. The molecule has 2 aromatic rings. The van der Waals surface area contributed by atoms with Gasteiger partial charge in [-0.15, -0.1) is 11.3 Å². The van der Waals surface area contributed by atoms with Crippen LogP contribution in [0.2, 0.25) is 5.02 Å². The van der Waals surface area contributed by atoms with Crippen LogP contribution < -0.4 is 5.32 Å². The Morgan fingerprint density at radius 1 is 1.10 bits per heavy atom. The molecule has 1 saturated heterocycles. The molecule has 1 aromatic heterocycles. The summed E-state index contributed by atoms with van der Waals surface area (Å²) in [6, 6.07) is 13.1. The Morgan fingerprint density at radius 2 is 1.80 bits per heavy atom. The van der Waals surface area contributed by atoms with Crippen LogP contribution in [0.4, 0.5) is 0 Å². The van der Waals surface area contributed by atoms with Crippen molar-refractivity contribution in [2.45, 2.75) is 13.0 Å². The molecule has 1 fully saturated rings. The Labute approximate surface area is 129 Å². The van der Waals surface area contributed by atoms with E-state index in [1.54, 1.807) is 0 Å². The topological polar surface area (TPSA) is 15.3 Å². The summed E-state index contributed by atoms with van der Waals surface area (Å²) >= 11 is 7.92. The highest BCUT2D eigenvalue weighted by Crippen LogP contribution is 2.34. The maximum atomic E-state index is 6.03. The highest BCUT2D eigenvalue weighted by molar-refractivity contribution is 7.12. The van der Waals surface area contributed by atoms with Crippen LogP contribution in [0.25, 0.3) is 0 Å². The summed E-state index contributed by atoms with van der Waals surface area (Å²) in [6.45, 7) is 6.47. The SMILES string of the molecule is Cc1ccc(C(c2ccc(Cl)cc2)N2CCNCC2)s1. The predicted octanol–water partition coefficient (Wildman–Crippen LogP) is 3.70. The Kier molecular flexibility index (Phi) is 4.41. The zero-order valence-corrected chi connectivity index (χ0v) is 13.2. The lowest BCUT2D eigenvalue weighted by Gasteiger charge is -2.34. The lowest BCUT2D eigenvalue weighted by Crippen LogP contribution is -2.45. The molecule has 1 N–H and O–H groups in total. The third kappa shape index (κ3) is 3.07.